The molecule has 100 valence electrons. The Morgan fingerprint density at radius 2 is 2.32 bits per heavy atom. The van der Waals surface area contributed by atoms with E-state index in [0.29, 0.717) is 10.8 Å². The fraction of sp³-hybridized carbons (Fsp3) is 0.273. The number of nitrogens with zero attached hydrogens (tertiary/aromatic N) is 4. The minimum atomic E-state index is -0.395. The van der Waals surface area contributed by atoms with E-state index in [1.54, 1.807) is 20.0 Å². The lowest BCUT2D eigenvalue weighted by Gasteiger charge is -2.10. The second-order valence-corrected chi connectivity index (χ2v) is 5.15. The molecule has 0 aliphatic heterocycles. The lowest BCUT2D eigenvalue weighted by Crippen LogP contribution is -2.22. The monoisotopic (exact) mass is 281 g/mol. The van der Waals surface area contributed by atoms with Gasteiger partial charge in [-0.2, -0.15) is 0 Å². The van der Waals surface area contributed by atoms with Crippen LogP contribution < -0.4 is 5.32 Å². The van der Waals surface area contributed by atoms with Crippen LogP contribution in [0.25, 0.3) is 0 Å². The van der Waals surface area contributed by atoms with Crippen LogP contribution in [0, 0.1) is 5.82 Å². The maximum absolute atomic E-state index is 13.0. The van der Waals surface area contributed by atoms with E-state index >= 15 is 0 Å². The van der Waals surface area contributed by atoms with Gasteiger partial charge in [0.2, 0.25) is 11.1 Å². The Hall–Kier alpha value is -1.96. The van der Waals surface area contributed by atoms with Crippen LogP contribution in [0.1, 0.15) is 6.92 Å². The van der Waals surface area contributed by atoms with Crippen molar-refractivity contribution in [1.82, 2.24) is 20.2 Å². The Labute approximate surface area is 113 Å². The van der Waals surface area contributed by atoms with Gasteiger partial charge in [0.15, 0.2) is 0 Å². The molecular weight excluding hydrogens is 269 g/mol. The lowest BCUT2D eigenvalue weighted by atomic mass is 10.3. The Morgan fingerprint density at radius 3 is 2.95 bits per heavy atom. The van der Waals surface area contributed by atoms with Gasteiger partial charge < -0.3 is 5.32 Å². The van der Waals surface area contributed by atoms with Crippen molar-refractivity contribution >= 4 is 23.4 Å². The van der Waals surface area contributed by atoms with Gasteiger partial charge in [0, 0.05) is 12.7 Å². The van der Waals surface area contributed by atoms with E-state index in [2.05, 4.69) is 20.8 Å². The summed E-state index contributed by atoms with van der Waals surface area (Å²) in [5, 5.41) is 13.7. The Morgan fingerprint density at radius 1 is 1.53 bits per heavy atom. The smallest absolute Gasteiger partial charge is 0.237 e. The number of halogens is 1. The second kappa shape index (κ2) is 5.79. The van der Waals surface area contributed by atoms with Crippen molar-refractivity contribution in [3.05, 3.63) is 30.1 Å². The van der Waals surface area contributed by atoms with Gasteiger partial charge in [0.05, 0.1) is 5.25 Å². The van der Waals surface area contributed by atoms with Crippen molar-refractivity contribution < 1.29 is 9.18 Å². The summed E-state index contributed by atoms with van der Waals surface area (Å²) in [4.78, 5) is 11.9. The number of hydrogen-bond donors (Lipinski definition) is 1. The summed E-state index contributed by atoms with van der Waals surface area (Å²) in [6.07, 6.45) is 0. The van der Waals surface area contributed by atoms with E-state index in [1.165, 1.54) is 34.6 Å². The topological polar surface area (TPSA) is 72.7 Å². The van der Waals surface area contributed by atoms with E-state index in [9.17, 15) is 9.18 Å². The molecule has 0 spiro atoms. The quantitative estimate of drug-likeness (QED) is 0.859. The molecule has 0 aliphatic carbocycles. The predicted molar refractivity (Wildman–Crippen MR) is 69.1 cm³/mol. The van der Waals surface area contributed by atoms with Crippen molar-refractivity contribution in [1.29, 1.82) is 0 Å². The summed E-state index contributed by atoms with van der Waals surface area (Å²) in [5.74, 6) is -0.630. The van der Waals surface area contributed by atoms with Crippen molar-refractivity contribution in [2.45, 2.75) is 17.3 Å². The van der Waals surface area contributed by atoms with Crippen molar-refractivity contribution in [3.8, 4) is 0 Å². The minimum Gasteiger partial charge on any atom is -0.325 e. The molecule has 0 unspecified atom stereocenters. The summed E-state index contributed by atoms with van der Waals surface area (Å²) in [6.45, 7) is 1.73. The number of carbonyl (C=O) groups excluding carboxylic acids is 1. The maximum Gasteiger partial charge on any atom is 0.237 e. The van der Waals surface area contributed by atoms with Gasteiger partial charge in [-0.15, -0.1) is 5.10 Å². The molecule has 1 aromatic carbocycles. The third-order valence-corrected chi connectivity index (χ3v) is 3.45. The second-order valence-electron chi connectivity index (χ2n) is 3.84. The van der Waals surface area contributed by atoms with E-state index in [-0.39, 0.29) is 5.91 Å². The number of thioether (sulfide) groups is 1. The molecule has 1 N–H and O–H groups in total. The molecule has 19 heavy (non-hydrogen) atoms. The molecule has 6 nitrogen and oxygen atoms in total. The molecule has 0 bridgehead atoms. The van der Waals surface area contributed by atoms with Crippen LogP contribution in [0.3, 0.4) is 0 Å². The standard InChI is InChI=1S/C11H12FN5OS/c1-7(19-11-14-15-16-17(11)2)10(18)13-9-5-3-4-8(12)6-9/h3-7H,1-2H3,(H,13,18)/t7-/m1/s1. The molecular formula is C11H12FN5OS. The van der Waals surface area contributed by atoms with Crippen LogP contribution in [0.15, 0.2) is 29.4 Å². The van der Waals surface area contributed by atoms with Gasteiger partial charge in [-0.3, -0.25) is 4.79 Å². The van der Waals surface area contributed by atoms with Crippen molar-refractivity contribution in [3.63, 3.8) is 0 Å². The molecule has 2 aromatic rings. The number of nitrogens with one attached hydrogen (secondary N) is 1. The first-order valence-electron chi connectivity index (χ1n) is 5.51. The van der Waals surface area contributed by atoms with E-state index < -0.39 is 11.1 Å². The first-order valence-corrected chi connectivity index (χ1v) is 6.39. The van der Waals surface area contributed by atoms with Crippen molar-refractivity contribution in [2.24, 2.45) is 7.05 Å². The van der Waals surface area contributed by atoms with Gasteiger partial charge in [-0.25, -0.2) is 9.07 Å². The lowest BCUT2D eigenvalue weighted by molar-refractivity contribution is -0.115. The summed E-state index contributed by atoms with van der Waals surface area (Å²) in [7, 11) is 1.69. The number of anilines is 1. The molecule has 0 radical (unpaired) electrons. The molecule has 0 fully saturated rings. The van der Waals surface area contributed by atoms with Gasteiger partial charge in [-0.1, -0.05) is 17.8 Å². The van der Waals surface area contributed by atoms with Crippen molar-refractivity contribution in [2.75, 3.05) is 5.32 Å². The summed E-state index contributed by atoms with van der Waals surface area (Å²) in [6, 6.07) is 5.75. The molecule has 1 amide bonds. The molecule has 2 rings (SSSR count). The van der Waals surface area contributed by atoms with Crippen LogP contribution >= 0.6 is 11.8 Å². The Balaban J connectivity index is 1.98. The van der Waals surface area contributed by atoms with Gasteiger partial charge in [0.25, 0.3) is 0 Å². The van der Waals surface area contributed by atoms with Gasteiger partial charge in [-0.05, 0) is 35.5 Å². The number of aromatic nitrogens is 4. The highest BCUT2D eigenvalue weighted by Gasteiger charge is 2.17. The van der Waals surface area contributed by atoms with E-state index in [0.717, 1.165) is 0 Å². The molecule has 1 atom stereocenters. The highest BCUT2D eigenvalue weighted by atomic mass is 32.2. The van der Waals surface area contributed by atoms with Crippen LogP contribution in [-0.2, 0) is 11.8 Å². The molecule has 0 saturated carbocycles. The van der Waals surface area contributed by atoms with Crippen LogP contribution in [0.4, 0.5) is 10.1 Å². The third-order valence-electron chi connectivity index (χ3n) is 2.32. The normalized spacial score (nSPS) is 12.2. The van der Waals surface area contributed by atoms with E-state index in [4.69, 9.17) is 0 Å². The Bertz CT molecular complexity index is 588. The number of aryl methyl sites for hydroxylation is 1. The zero-order valence-electron chi connectivity index (χ0n) is 10.4. The number of rotatable bonds is 4. The highest BCUT2D eigenvalue weighted by molar-refractivity contribution is 8.00. The first kappa shape index (κ1) is 13.5. The molecule has 8 heteroatoms. The zero-order chi connectivity index (χ0) is 13.8. The first-order chi connectivity index (χ1) is 9.06. The van der Waals surface area contributed by atoms with Gasteiger partial charge >= 0.3 is 0 Å². The number of amides is 1. The Kier molecular flexibility index (Phi) is 4.10. The SMILES string of the molecule is C[C@@H](Sc1nnnn1C)C(=O)Nc1cccc(F)c1. The average Bonchev–Trinajstić information content (AvgIpc) is 2.75. The zero-order valence-corrected chi connectivity index (χ0v) is 11.2. The number of benzene rings is 1. The average molecular weight is 281 g/mol. The van der Waals surface area contributed by atoms with Crippen LogP contribution in [0.5, 0.6) is 0 Å². The molecule has 1 aromatic heterocycles. The third kappa shape index (κ3) is 3.50. The van der Waals surface area contributed by atoms with Gasteiger partial charge in [0.1, 0.15) is 5.82 Å². The largest absolute Gasteiger partial charge is 0.325 e. The maximum atomic E-state index is 13.0. The number of tetrazole rings is 1. The molecule has 0 aliphatic rings. The predicted octanol–water partition coefficient (Wildman–Crippen LogP) is 1.47. The fourth-order valence-corrected chi connectivity index (χ4v) is 2.10. The summed E-state index contributed by atoms with van der Waals surface area (Å²) in [5.41, 5.74) is 0.425. The number of hydrogen-bond acceptors (Lipinski definition) is 5. The number of carbonyl (C=O) groups is 1. The summed E-state index contributed by atoms with van der Waals surface area (Å²) < 4.78 is 14.5. The van der Waals surface area contributed by atoms with Crippen LogP contribution in [-0.4, -0.2) is 31.4 Å². The highest BCUT2D eigenvalue weighted by Crippen LogP contribution is 2.20. The minimum absolute atomic E-state index is 0.237. The molecule has 1 heterocycles. The van der Waals surface area contributed by atoms with Crippen LogP contribution in [0.2, 0.25) is 0 Å². The summed E-state index contributed by atoms with van der Waals surface area (Å²) >= 11 is 1.23. The van der Waals surface area contributed by atoms with E-state index in [1.807, 2.05) is 0 Å². The molecule has 0 saturated heterocycles. The fourth-order valence-electron chi connectivity index (χ4n) is 1.34.